The molecule has 19 heavy (non-hydrogen) atoms. The third-order valence-electron chi connectivity index (χ3n) is 3.06. The van der Waals surface area contributed by atoms with E-state index in [2.05, 4.69) is 25.0 Å². The van der Waals surface area contributed by atoms with Crippen molar-refractivity contribution >= 4 is 23.5 Å². The molecule has 0 aromatic carbocycles. The highest BCUT2D eigenvalue weighted by molar-refractivity contribution is 6.31. The first-order valence-electron chi connectivity index (χ1n) is 6.12. The molecule has 3 heterocycles. The van der Waals surface area contributed by atoms with Gasteiger partial charge < -0.3 is 10.6 Å². The maximum absolute atomic E-state index is 5.99. The van der Waals surface area contributed by atoms with Gasteiger partial charge in [0, 0.05) is 13.1 Å². The number of nitrogens with two attached hydrogens (primary N) is 1. The zero-order chi connectivity index (χ0) is 13.4. The van der Waals surface area contributed by atoms with E-state index in [1.807, 2.05) is 6.92 Å². The Morgan fingerprint density at radius 3 is 2.47 bits per heavy atom. The first kappa shape index (κ1) is 12.2. The molecule has 7 nitrogen and oxygen atoms in total. The van der Waals surface area contributed by atoms with Crippen molar-refractivity contribution in [1.82, 2.24) is 24.7 Å². The zero-order valence-electron chi connectivity index (χ0n) is 10.5. The Morgan fingerprint density at radius 1 is 1.16 bits per heavy atom. The van der Waals surface area contributed by atoms with Crippen molar-refractivity contribution in [3.63, 3.8) is 0 Å². The molecule has 0 amide bonds. The molecule has 0 radical (unpaired) electrons. The number of halogens is 1. The maximum Gasteiger partial charge on any atom is 0.257 e. The molecule has 2 N–H and O–H groups in total. The van der Waals surface area contributed by atoms with E-state index in [0.29, 0.717) is 16.9 Å². The van der Waals surface area contributed by atoms with Crippen LogP contribution in [-0.4, -0.2) is 37.8 Å². The summed E-state index contributed by atoms with van der Waals surface area (Å²) in [6, 6.07) is 0. The van der Waals surface area contributed by atoms with Gasteiger partial charge >= 0.3 is 0 Å². The van der Waals surface area contributed by atoms with E-state index < -0.39 is 0 Å². The van der Waals surface area contributed by atoms with Crippen molar-refractivity contribution in [2.75, 3.05) is 23.7 Å². The van der Waals surface area contributed by atoms with Gasteiger partial charge in [-0.05, 0) is 19.8 Å². The lowest BCUT2D eigenvalue weighted by molar-refractivity contribution is 0.774. The van der Waals surface area contributed by atoms with Crippen molar-refractivity contribution in [3.05, 3.63) is 16.9 Å². The van der Waals surface area contributed by atoms with Crippen LogP contribution in [0.3, 0.4) is 0 Å². The van der Waals surface area contributed by atoms with Crippen LogP contribution in [0.25, 0.3) is 5.95 Å². The van der Waals surface area contributed by atoms with Gasteiger partial charge in [-0.25, -0.2) is 4.68 Å². The van der Waals surface area contributed by atoms with Gasteiger partial charge in [-0.2, -0.15) is 20.1 Å². The van der Waals surface area contributed by atoms with E-state index in [0.717, 1.165) is 31.6 Å². The molecule has 1 fully saturated rings. The lowest BCUT2D eigenvalue weighted by atomic mass is 10.4. The van der Waals surface area contributed by atoms with Crippen molar-refractivity contribution in [3.8, 4) is 5.95 Å². The van der Waals surface area contributed by atoms with Gasteiger partial charge in [-0.15, -0.1) is 0 Å². The minimum Gasteiger partial charge on any atom is -0.368 e. The van der Waals surface area contributed by atoms with Gasteiger partial charge in [0.25, 0.3) is 5.95 Å². The molecule has 8 heteroatoms. The quantitative estimate of drug-likeness (QED) is 0.889. The van der Waals surface area contributed by atoms with Crippen LogP contribution in [0.1, 0.15) is 18.5 Å². The molecule has 0 unspecified atom stereocenters. The van der Waals surface area contributed by atoms with E-state index in [4.69, 9.17) is 17.3 Å². The normalized spacial score (nSPS) is 15.2. The Kier molecular flexibility index (Phi) is 2.98. The number of anilines is 2. The average molecular weight is 280 g/mol. The number of rotatable bonds is 2. The SMILES string of the molecule is Cc1nn(-c2nc(N)nc(N3CCCC3)n2)cc1Cl. The fourth-order valence-corrected chi connectivity index (χ4v) is 2.20. The summed E-state index contributed by atoms with van der Waals surface area (Å²) in [6.45, 7) is 3.72. The van der Waals surface area contributed by atoms with Crippen LogP contribution in [0.4, 0.5) is 11.9 Å². The van der Waals surface area contributed by atoms with Crippen molar-refractivity contribution in [2.45, 2.75) is 19.8 Å². The summed E-state index contributed by atoms with van der Waals surface area (Å²) in [5, 5.41) is 4.82. The van der Waals surface area contributed by atoms with Crippen LogP contribution in [0.15, 0.2) is 6.20 Å². The van der Waals surface area contributed by atoms with Crippen LogP contribution < -0.4 is 10.6 Å². The third-order valence-corrected chi connectivity index (χ3v) is 3.43. The highest BCUT2D eigenvalue weighted by Gasteiger charge is 2.17. The van der Waals surface area contributed by atoms with Crippen LogP contribution >= 0.6 is 11.6 Å². The number of nitrogens with zero attached hydrogens (tertiary/aromatic N) is 6. The highest BCUT2D eigenvalue weighted by Crippen LogP contribution is 2.19. The van der Waals surface area contributed by atoms with Gasteiger partial charge in [0.1, 0.15) is 0 Å². The predicted molar refractivity (Wildman–Crippen MR) is 72.6 cm³/mol. The summed E-state index contributed by atoms with van der Waals surface area (Å²) in [4.78, 5) is 14.8. The highest BCUT2D eigenvalue weighted by atomic mass is 35.5. The van der Waals surface area contributed by atoms with E-state index in [-0.39, 0.29) is 5.95 Å². The van der Waals surface area contributed by atoms with Gasteiger partial charge in [0.15, 0.2) is 0 Å². The number of nitrogen functional groups attached to an aromatic ring is 1. The summed E-state index contributed by atoms with van der Waals surface area (Å²) in [7, 11) is 0. The summed E-state index contributed by atoms with van der Waals surface area (Å²) >= 11 is 5.99. The smallest absolute Gasteiger partial charge is 0.257 e. The fraction of sp³-hybridized carbons (Fsp3) is 0.455. The second-order valence-corrected chi connectivity index (χ2v) is 4.90. The van der Waals surface area contributed by atoms with Crippen molar-refractivity contribution in [2.24, 2.45) is 0 Å². The Labute approximate surface area is 115 Å². The Hall–Kier alpha value is -1.89. The molecule has 1 saturated heterocycles. The minimum atomic E-state index is 0.191. The van der Waals surface area contributed by atoms with Crippen LogP contribution in [0, 0.1) is 6.92 Å². The van der Waals surface area contributed by atoms with Crippen molar-refractivity contribution in [1.29, 1.82) is 0 Å². The number of aromatic nitrogens is 5. The molecule has 2 aromatic rings. The molecule has 0 aliphatic carbocycles. The van der Waals surface area contributed by atoms with Gasteiger partial charge in [0.05, 0.1) is 16.9 Å². The molecule has 100 valence electrons. The summed E-state index contributed by atoms with van der Waals surface area (Å²) in [5.41, 5.74) is 6.47. The first-order chi connectivity index (χ1) is 9.13. The second kappa shape index (κ2) is 4.65. The van der Waals surface area contributed by atoms with Crippen LogP contribution in [0.2, 0.25) is 5.02 Å². The molecule has 1 aliphatic heterocycles. The molecule has 0 bridgehead atoms. The van der Waals surface area contributed by atoms with E-state index >= 15 is 0 Å². The topological polar surface area (TPSA) is 85.8 Å². The summed E-state index contributed by atoms with van der Waals surface area (Å²) in [5.74, 6) is 1.19. The molecule has 0 saturated carbocycles. The molecule has 2 aromatic heterocycles. The first-order valence-corrected chi connectivity index (χ1v) is 6.50. The van der Waals surface area contributed by atoms with Crippen LogP contribution in [-0.2, 0) is 0 Å². The van der Waals surface area contributed by atoms with Gasteiger partial charge in [-0.3, -0.25) is 0 Å². The average Bonchev–Trinajstić information content (AvgIpc) is 3.00. The Balaban J connectivity index is 2.01. The van der Waals surface area contributed by atoms with Crippen LogP contribution in [0.5, 0.6) is 0 Å². The van der Waals surface area contributed by atoms with E-state index in [1.165, 1.54) is 4.68 Å². The Morgan fingerprint density at radius 2 is 1.84 bits per heavy atom. The lowest BCUT2D eigenvalue weighted by Gasteiger charge is -2.15. The molecule has 0 spiro atoms. The monoisotopic (exact) mass is 279 g/mol. The molecule has 1 aliphatic rings. The Bertz CT molecular complexity index is 584. The van der Waals surface area contributed by atoms with Crippen molar-refractivity contribution < 1.29 is 0 Å². The standard InChI is InChI=1S/C11H14ClN7/c1-7-8(12)6-19(17-7)11-15-9(13)14-10(16-11)18-4-2-3-5-18/h6H,2-5H2,1H3,(H2,13,14,15,16). The van der Waals surface area contributed by atoms with E-state index in [1.54, 1.807) is 6.20 Å². The zero-order valence-corrected chi connectivity index (χ0v) is 11.3. The lowest BCUT2D eigenvalue weighted by Crippen LogP contribution is -2.22. The fourth-order valence-electron chi connectivity index (χ4n) is 2.07. The molecular weight excluding hydrogens is 266 g/mol. The van der Waals surface area contributed by atoms with Gasteiger partial charge in [-0.1, -0.05) is 11.6 Å². The van der Waals surface area contributed by atoms with Gasteiger partial charge in [0.2, 0.25) is 11.9 Å². The summed E-state index contributed by atoms with van der Waals surface area (Å²) in [6.07, 6.45) is 3.96. The third kappa shape index (κ3) is 2.33. The largest absolute Gasteiger partial charge is 0.368 e. The van der Waals surface area contributed by atoms with E-state index in [9.17, 15) is 0 Å². The molecule has 3 rings (SSSR count). The number of aryl methyl sites for hydroxylation is 1. The molecular formula is C11H14ClN7. The number of hydrogen-bond donors (Lipinski definition) is 1. The predicted octanol–water partition coefficient (Wildman–Crippen LogP) is 1.20. The number of hydrogen-bond acceptors (Lipinski definition) is 6. The maximum atomic E-state index is 5.99. The molecule has 0 atom stereocenters. The minimum absolute atomic E-state index is 0.191. The second-order valence-electron chi connectivity index (χ2n) is 4.49. The summed E-state index contributed by atoms with van der Waals surface area (Å²) < 4.78 is 1.52.